The Balaban J connectivity index is 2.21. The molecule has 0 spiro atoms. The highest BCUT2D eigenvalue weighted by Crippen LogP contribution is 2.18. The number of phenolic OH excluding ortho intramolecular Hbond substituents is 1. The summed E-state index contributed by atoms with van der Waals surface area (Å²) in [5.41, 5.74) is -0.0305. The van der Waals surface area contributed by atoms with Crippen molar-refractivity contribution >= 4 is 11.7 Å². The topological polar surface area (TPSA) is 75.1 Å². The summed E-state index contributed by atoms with van der Waals surface area (Å²) in [6, 6.07) is 6.30. The zero-order valence-electron chi connectivity index (χ0n) is 8.59. The maximum atomic E-state index is 12.7. The number of hydrogen-bond acceptors (Lipinski definition) is 4. The van der Waals surface area contributed by atoms with Crippen molar-refractivity contribution in [3.63, 3.8) is 0 Å². The predicted octanol–water partition coefficient (Wildman–Crippen LogP) is 1.57. The molecule has 5 nitrogen and oxygen atoms in total. The monoisotopic (exact) mass is 233 g/mol. The lowest BCUT2D eigenvalue weighted by Gasteiger charge is -2.05. The molecular weight excluding hydrogens is 225 g/mol. The van der Waals surface area contributed by atoms with Gasteiger partial charge in [-0.15, -0.1) is 5.10 Å². The van der Waals surface area contributed by atoms with E-state index in [9.17, 15) is 14.3 Å². The molecule has 0 bridgehead atoms. The zero-order valence-corrected chi connectivity index (χ0v) is 8.59. The van der Waals surface area contributed by atoms with E-state index >= 15 is 0 Å². The first-order chi connectivity index (χ1) is 8.16. The fourth-order valence-electron chi connectivity index (χ4n) is 1.25. The van der Waals surface area contributed by atoms with Crippen LogP contribution in [0.2, 0.25) is 0 Å². The van der Waals surface area contributed by atoms with Crippen LogP contribution in [0.15, 0.2) is 36.5 Å². The summed E-state index contributed by atoms with van der Waals surface area (Å²) in [6.45, 7) is 0. The van der Waals surface area contributed by atoms with Crippen molar-refractivity contribution in [2.75, 3.05) is 5.32 Å². The molecule has 2 aromatic rings. The van der Waals surface area contributed by atoms with Gasteiger partial charge in [0.15, 0.2) is 5.82 Å². The van der Waals surface area contributed by atoms with Gasteiger partial charge in [-0.1, -0.05) is 0 Å². The standard InChI is InChI=1S/C11H8FN3O2/c12-7-3-4-8(9(16)6-7)11(17)14-10-2-1-5-13-15-10/h1-6,16H,(H,14,15,17). The van der Waals surface area contributed by atoms with Crippen molar-refractivity contribution in [3.05, 3.63) is 47.9 Å². The quantitative estimate of drug-likeness (QED) is 0.825. The van der Waals surface area contributed by atoms with Gasteiger partial charge < -0.3 is 10.4 Å². The Morgan fingerprint density at radius 1 is 1.35 bits per heavy atom. The molecule has 0 fully saturated rings. The van der Waals surface area contributed by atoms with Crippen LogP contribution in [0, 0.1) is 5.82 Å². The maximum absolute atomic E-state index is 12.7. The highest BCUT2D eigenvalue weighted by Gasteiger charge is 2.12. The SMILES string of the molecule is O=C(Nc1cccnn1)c1ccc(F)cc1O. The summed E-state index contributed by atoms with van der Waals surface area (Å²) < 4.78 is 12.7. The molecule has 0 aliphatic carbocycles. The van der Waals surface area contributed by atoms with Crippen molar-refractivity contribution in [3.8, 4) is 5.75 Å². The molecule has 2 N–H and O–H groups in total. The minimum absolute atomic E-state index is 0.0305. The molecule has 1 heterocycles. The highest BCUT2D eigenvalue weighted by atomic mass is 19.1. The largest absolute Gasteiger partial charge is 0.507 e. The summed E-state index contributed by atoms with van der Waals surface area (Å²) in [5, 5.41) is 19.1. The van der Waals surface area contributed by atoms with Gasteiger partial charge in [-0.2, -0.15) is 5.10 Å². The van der Waals surface area contributed by atoms with E-state index in [4.69, 9.17) is 0 Å². The number of amides is 1. The fourth-order valence-corrected chi connectivity index (χ4v) is 1.25. The number of aromatic hydroxyl groups is 1. The first-order valence-corrected chi connectivity index (χ1v) is 4.74. The molecular formula is C11H8FN3O2. The van der Waals surface area contributed by atoms with Crippen LogP contribution >= 0.6 is 0 Å². The number of phenols is 1. The van der Waals surface area contributed by atoms with E-state index in [1.807, 2.05) is 0 Å². The van der Waals surface area contributed by atoms with Gasteiger partial charge >= 0.3 is 0 Å². The van der Waals surface area contributed by atoms with Gasteiger partial charge in [0, 0.05) is 12.3 Å². The van der Waals surface area contributed by atoms with E-state index in [0.29, 0.717) is 0 Å². The molecule has 0 aliphatic heterocycles. The van der Waals surface area contributed by atoms with Crippen LogP contribution < -0.4 is 5.32 Å². The second-order valence-electron chi connectivity index (χ2n) is 3.22. The Bertz CT molecular complexity index is 546. The van der Waals surface area contributed by atoms with E-state index in [1.54, 1.807) is 12.1 Å². The third-order valence-electron chi connectivity index (χ3n) is 2.02. The second kappa shape index (κ2) is 4.56. The first-order valence-electron chi connectivity index (χ1n) is 4.74. The number of rotatable bonds is 2. The molecule has 0 saturated heterocycles. The van der Waals surface area contributed by atoms with Gasteiger partial charge in [-0.05, 0) is 24.3 Å². The number of benzene rings is 1. The summed E-state index contributed by atoms with van der Waals surface area (Å²) in [7, 11) is 0. The van der Waals surface area contributed by atoms with Gasteiger partial charge in [0.1, 0.15) is 11.6 Å². The molecule has 1 aromatic heterocycles. The predicted molar refractivity (Wildman–Crippen MR) is 58.1 cm³/mol. The zero-order chi connectivity index (χ0) is 12.3. The molecule has 1 aromatic carbocycles. The third kappa shape index (κ3) is 2.54. The number of aromatic nitrogens is 2. The average molecular weight is 233 g/mol. The van der Waals surface area contributed by atoms with E-state index in [1.165, 1.54) is 12.3 Å². The van der Waals surface area contributed by atoms with Crippen LogP contribution in [-0.2, 0) is 0 Å². The number of hydrogen-bond donors (Lipinski definition) is 2. The van der Waals surface area contributed by atoms with E-state index < -0.39 is 17.5 Å². The Morgan fingerprint density at radius 3 is 2.82 bits per heavy atom. The number of carbonyl (C=O) groups is 1. The van der Waals surface area contributed by atoms with Crippen LogP contribution in [0.4, 0.5) is 10.2 Å². The number of carbonyl (C=O) groups excluding carboxylic acids is 1. The van der Waals surface area contributed by atoms with Crippen LogP contribution in [0.3, 0.4) is 0 Å². The number of anilines is 1. The van der Waals surface area contributed by atoms with Crippen molar-refractivity contribution in [1.29, 1.82) is 0 Å². The van der Waals surface area contributed by atoms with Gasteiger partial charge in [0.2, 0.25) is 0 Å². The van der Waals surface area contributed by atoms with Crippen LogP contribution in [0.25, 0.3) is 0 Å². The molecule has 0 saturated carbocycles. The molecule has 86 valence electrons. The molecule has 0 atom stereocenters. The van der Waals surface area contributed by atoms with Gasteiger partial charge in [0.25, 0.3) is 5.91 Å². The van der Waals surface area contributed by atoms with Crippen molar-refractivity contribution in [2.24, 2.45) is 0 Å². The van der Waals surface area contributed by atoms with Gasteiger partial charge in [-0.25, -0.2) is 4.39 Å². The molecule has 1 amide bonds. The molecule has 2 rings (SSSR count). The third-order valence-corrected chi connectivity index (χ3v) is 2.02. The van der Waals surface area contributed by atoms with Gasteiger partial charge in [-0.3, -0.25) is 4.79 Å². The van der Waals surface area contributed by atoms with Crippen molar-refractivity contribution < 1.29 is 14.3 Å². The van der Waals surface area contributed by atoms with Crippen molar-refractivity contribution in [2.45, 2.75) is 0 Å². The normalized spacial score (nSPS) is 9.94. The Labute approximate surface area is 95.9 Å². The fraction of sp³-hybridized carbons (Fsp3) is 0. The minimum Gasteiger partial charge on any atom is -0.507 e. The summed E-state index contributed by atoms with van der Waals surface area (Å²) in [4.78, 5) is 11.7. The molecule has 0 radical (unpaired) electrons. The van der Waals surface area contributed by atoms with Crippen LogP contribution in [0.1, 0.15) is 10.4 Å². The Kier molecular flexibility index (Phi) is 2.95. The highest BCUT2D eigenvalue weighted by molar-refractivity contribution is 6.05. The number of nitrogens with zero attached hydrogens (tertiary/aromatic N) is 2. The smallest absolute Gasteiger partial charge is 0.260 e. The lowest BCUT2D eigenvalue weighted by Crippen LogP contribution is -2.13. The van der Waals surface area contributed by atoms with Crippen LogP contribution in [-0.4, -0.2) is 21.2 Å². The van der Waals surface area contributed by atoms with Crippen molar-refractivity contribution in [1.82, 2.24) is 10.2 Å². The Morgan fingerprint density at radius 2 is 2.18 bits per heavy atom. The first kappa shape index (κ1) is 11.0. The second-order valence-corrected chi connectivity index (χ2v) is 3.22. The van der Waals surface area contributed by atoms with Crippen LogP contribution in [0.5, 0.6) is 5.75 Å². The molecule has 17 heavy (non-hydrogen) atoms. The number of nitrogens with one attached hydrogen (secondary N) is 1. The maximum Gasteiger partial charge on any atom is 0.260 e. The van der Waals surface area contributed by atoms with E-state index in [-0.39, 0.29) is 11.4 Å². The van der Waals surface area contributed by atoms with Gasteiger partial charge in [0.05, 0.1) is 5.56 Å². The molecule has 0 unspecified atom stereocenters. The molecule has 6 heteroatoms. The minimum atomic E-state index is -0.612. The summed E-state index contributed by atoms with van der Waals surface area (Å²) in [6.07, 6.45) is 1.46. The summed E-state index contributed by atoms with van der Waals surface area (Å²) in [5.74, 6) is -1.37. The summed E-state index contributed by atoms with van der Waals surface area (Å²) >= 11 is 0. The molecule has 0 aliphatic rings. The van der Waals surface area contributed by atoms with E-state index in [2.05, 4.69) is 15.5 Å². The lowest BCUT2D eigenvalue weighted by atomic mass is 10.2. The lowest BCUT2D eigenvalue weighted by molar-refractivity contribution is 0.102. The number of halogens is 1. The average Bonchev–Trinajstić information content (AvgIpc) is 2.30. The Hall–Kier alpha value is -2.50. The van der Waals surface area contributed by atoms with E-state index in [0.717, 1.165) is 12.1 Å².